The van der Waals surface area contributed by atoms with Gasteiger partial charge in [0.05, 0.1) is 0 Å². The Hall–Kier alpha value is -1.65. The van der Waals surface area contributed by atoms with Crippen molar-refractivity contribution in [3.8, 4) is 11.8 Å². The summed E-state index contributed by atoms with van der Waals surface area (Å²) >= 11 is 6.26. The molecule has 2 aromatic rings. The molecule has 0 atom stereocenters. The summed E-state index contributed by atoms with van der Waals surface area (Å²) in [5, 5.41) is 3.82. The highest BCUT2D eigenvalue weighted by Crippen LogP contribution is 2.32. The molecule has 0 aliphatic rings. The maximum Gasteiger partial charge on any atom is 0.321 e. The molecule has 0 fully saturated rings. The first-order chi connectivity index (χ1) is 10.0. The van der Waals surface area contributed by atoms with E-state index in [9.17, 15) is 0 Å². The van der Waals surface area contributed by atoms with E-state index in [4.69, 9.17) is 16.3 Å². The Morgan fingerprint density at radius 3 is 2.48 bits per heavy atom. The van der Waals surface area contributed by atoms with Crippen LogP contribution in [0.5, 0.6) is 11.8 Å². The third kappa shape index (κ3) is 3.93. The first-order valence-electron chi connectivity index (χ1n) is 6.94. The average molecular weight is 306 g/mol. The predicted octanol–water partition coefficient (Wildman–Crippen LogP) is 4.07. The van der Waals surface area contributed by atoms with Gasteiger partial charge in [0.25, 0.3) is 0 Å². The highest BCUT2D eigenvalue weighted by molar-refractivity contribution is 6.31. The van der Waals surface area contributed by atoms with Gasteiger partial charge in [-0.15, -0.1) is 0 Å². The fourth-order valence-electron chi connectivity index (χ4n) is 2.01. The molecule has 1 heterocycles. The van der Waals surface area contributed by atoms with E-state index in [0.29, 0.717) is 11.9 Å². The molecule has 0 saturated carbocycles. The highest BCUT2D eigenvalue weighted by Gasteiger charge is 2.11. The van der Waals surface area contributed by atoms with Crippen LogP contribution in [-0.2, 0) is 6.54 Å². The molecule has 21 heavy (non-hydrogen) atoms. The van der Waals surface area contributed by atoms with Crippen LogP contribution in [0, 0.1) is 6.92 Å². The molecule has 1 aromatic carbocycles. The predicted molar refractivity (Wildman–Crippen MR) is 85.1 cm³/mol. The van der Waals surface area contributed by atoms with Gasteiger partial charge < -0.3 is 10.1 Å². The lowest BCUT2D eigenvalue weighted by Gasteiger charge is -2.13. The topological polar surface area (TPSA) is 47.0 Å². The van der Waals surface area contributed by atoms with Gasteiger partial charge in [0, 0.05) is 29.5 Å². The maximum atomic E-state index is 6.26. The molecule has 0 radical (unpaired) electrons. The lowest BCUT2D eigenvalue weighted by molar-refractivity contribution is 0.437. The molecular weight excluding hydrogens is 286 g/mol. The smallest absolute Gasteiger partial charge is 0.321 e. The van der Waals surface area contributed by atoms with Crippen molar-refractivity contribution in [2.75, 3.05) is 7.05 Å². The number of rotatable bonds is 5. The number of nitrogens with zero attached hydrogens (tertiary/aromatic N) is 2. The van der Waals surface area contributed by atoms with Crippen molar-refractivity contribution in [1.82, 2.24) is 15.3 Å². The van der Waals surface area contributed by atoms with E-state index >= 15 is 0 Å². The molecule has 112 valence electrons. The summed E-state index contributed by atoms with van der Waals surface area (Å²) in [6.07, 6.45) is 3.51. The molecule has 0 bridgehead atoms. The van der Waals surface area contributed by atoms with Crippen LogP contribution < -0.4 is 10.1 Å². The molecule has 0 amide bonds. The summed E-state index contributed by atoms with van der Waals surface area (Å²) in [6, 6.07) is 4.23. The van der Waals surface area contributed by atoms with E-state index in [0.717, 1.165) is 34.0 Å². The summed E-state index contributed by atoms with van der Waals surface area (Å²) in [5.74, 6) is 1.07. The van der Waals surface area contributed by atoms with Crippen LogP contribution in [-0.4, -0.2) is 17.0 Å². The molecule has 1 N–H and O–H groups in total. The van der Waals surface area contributed by atoms with Crippen LogP contribution in [0.25, 0.3) is 0 Å². The van der Waals surface area contributed by atoms with E-state index in [1.54, 1.807) is 12.4 Å². The zero-order valence-corrected chi connectivity index (χ0v) is 13.5. The standard InChI is InChI=1S/C16H20ClN3O/c1-10(2)13-6-15(11(3)5-14(13)17)21-16-19-8-12(7-18-4)9-20-16/h5-6,8-10,18H,7H2,1-4H3. The molecule has 0 spiro atoms. The van der Waals surface area contributed by atoms with Crippen molar-refractivity contribution < 1.29 is 4.74 Å². The number of aryl methyl sites for hydroxylation is 1. The van der Waals surface area contributed by atoms with Crippen molar-refractivity contribution in [2.45, 2.75) is 33.2 Å². The SMILES string of the molecule is CNCc1cnc(Oc2cc(C(C)C)c(Cl)cc2C)nc1. The first kappa shape index (κ1) is 15.7. The molecule has 4 nitrogen and oxygen atoms in total. The zero-order valence-electron chi connectivity index (χ0n) is 12.8. The Morgan fingerprint density at radius 2 is 1.90 bits per heavy atom. The monoisotopic (exact) mass is 305 g/mol. The lowest BCUT2D eigenvalue weighted by Crippen LogP contribution is -2.06. The molecule has 0 aliphatic carbocycles. The van der Waals surface area contributed by atoms with E-state index < -0.39 is 0 Å². The lowest BCUT2D eigenvalue weighted by atomic mass is 10.0. The Bertz CT molecular complexity index is 612. The first-order valence-corrected chi connectivity index (χ1v) is 7.32. The Morgan fingerprint density at radius 1 is 1.24 bits per heavy atom. The molecular formula is C16H20ClN3O. The molecule has 0 unspecified atom stereocenters. The minimum atomic E-state index is 0.333. The summed E-state index contributed by atoms with van der Waals surface area (Å²) in [5.41, 5.74) is 3.04. The molecule has 5 heteroatoms. The number of ether oxygens (including phenoxy) is 1. The van der Waals surface area contributed by atoms with Gasteiger partial charge in [-0.05, 0) is 43.1 Å². The summed E-state index contributed by atoms with van der Waals surface area (Å²) < 4.78 is 5.79. The van der Waals surface area contributed by atoms with Crippen molar-refractivity contribution in [3.05, 3.63) is 46.2 Å². The Labute approximate surface area is 130 Å². The van der Waals surface area contributed by atoms with Gasteiger partial charge in [-0.2, -0.15) is 0 Å². The van der Waals surface area contributed by atoms with Crippen molar-refractivity contribution in [3.63, 3.8) is 0 Å². The summed E-state index contributed by atoms with van der Waals surface area (Å²) in [7, 11) is 1.88. The second kappa shape index (κ2) is 6.87. The molecule has 2 rings (SSSR count). The fourth-order valence-corrected chi connectivity index (χ4v) is 2.45. The molecule has 0 saturated heterocycles. The van der Waals surface area contributed by atoms with Gasteiger partial charge in [-0.1, -0.05) is 25.4 Å². The fraction of sp³-hybridized carbons (Fsp3) is 0.375. The largest absolute Gasteiger partial charge is 0.424 e. The average Bonchev–Trinajstić information content (AvgIpc) is 2.43. The number of aromatic nitrogens is 2. The van der Waals surface area contributed by atoms with Gasteiger partial charge in [-0.25, -0.2) is 9.97 Å². The molecule has 0 aliphatic heterocycles. The van der Waals surface area contributed by atoms with Crippen LogP contribution in [0.1, 0.15) is 36.5 Å². The van der Waals surface area contributed by atoms with E-state index in [1.165, 1.54) is 0 Å². The third-order valence-electron chi connectivity index (χ3n) is 3.18. The third-order valence-corrected chi connectivity index (χ3v) is 3.51. The summed E-state index contributed by atoms with van der Waals surface area (Å²) in [6.45, 7) is 6.89. The van der Waals surface area contributed by atoms with Crippen molar-refractivity contribution in [2.24, 2.45) is 0 Å². The second-order valence-electron chi connectivity index (χ2n) is 5.30. The minimum Gasteiger partial charge on any atom is -0.424 e. The normalized spacial score (nSPS) is 11.0. The van der Waals surface area contributed by atoms with Gasteiger partial charge >= 0.3 is 6.01 Å². The number of halogens is 1. The van der Waals surface area contributed by atoms with Gasteiger partial charge in [0.15, 0.2) is 0 Å². The van der Waals surface area contributed by atoms with Gasteiger partial charge in [-0.3, -0.25) is 0 Å². The van der Waals surface area contributed by atoms with Crippen LogP contribution in [0.2, 0.25) is 5.02 Å². The quantitative estimate of drug-likeness (QED) is 0.904. The number of hydrogen-bond acceptors (Lipinski definition) is 4. The Kier molecular flexibility index (Phi) is 5.15. The zero-order chi connectivity index (χ0) is 15.4. The van der Waals surface area contributed by atoms with E-state index in [1.807, 2.05) is 26.1 Å². The van der Waals surface area contributed by atoms with Gasteiger partial charge in [0.2, 0.25) is 0 Å². The number of benzene rings is 1. The van der Waals surface area contributed by atoms with Crippen molar-refractivity contribution >= 4 is 11.6 Å². The van der Waals surface area contributed by atoms with Crippen LogP contribution >= 0.6 is 11.6 Å². The van der Waals surface area contributed by atoms with Crippen LogP contribution in [0.15, 0.2) is 24.5 Å². The second-order valence-corrected chi connectivity index (χ2v) is 5.71. The van der Waals surface area contributed by atoms with Crippen LogP contribution in [0.4, 0.5) is 0 Å². The highest BCUT2D eigenvalue weighted by atomic mass is 35.5. The van der Waals surface area contributed by atoms with Crippen molar-refractivity contribution in [1.29, 1.82) is 0 Å². The number of hydrogen-bond donors (Lipinski definition) is 1. The maximum absolute atomic E-state index is 6.26. The van der Waals surface area contributed by atoms with Crippen LogP contribution in [0.3, 0.4) is 0 Å². The van der Waals surface area contributed by atoms with E-state index in [-0.39, 0.29) is 0 Å². The molecule has 1 aromatic heterocycles. The number of nitrogens with one attached hydrogen (secondary N) is 1. The Balaban J connectivity index is 2.24. The van der Waals surface area contributed by atoms with Gasteiger partial charge in [0.1, 0.15) is 5.75 Å². The summed E-state index contributed by atoms with van der Waals surface area (Å²) in [4.78, 5) is 8.45. The van der Waals surface area contributed by atoms with E-state index in [2.05, 4.69) is 29.1 Å². The minimum absolute atomic E-state index is 0.333.